The molecule has 1 heterocycles. The number of halogens is 2. The zero-order chi connectivity index (χ0) is 17.7. The van der Waals surface area contributed by atoms with Gasteiger partial charge in [0.05, 0.1) is 13.0 Å². The number of carboxylic acid groups (broad SMARTS) is 1. The van der Waals surface area contributed by atoms with Crippen LogP contribution in [-0.4, -0.2) is 27.2 Å². The smallest absolute Gasteiger partial charge is 0.372 e. The highest BCUT2D eigenvalue weighted by atomic mass is 19.1. The van der Waals surface area contributed by atoms with E-state index in [1.54, 1.807) is 22.9 Å². The second-order valence-corrected chi connectivity index (χ2v) is 5.00. The average molecular weight is 333 g/mol. The van der Waals surface area contributed by atoms with Gasteiger partial charge in [0.2, 0.25) is 5.78 Å². The number of carbonyl (C=O) groups is 3. The van der Waals surface area contributed by atoms with Crippen molar-refractivity contribution in [1.29, 1.82) is 0 Å². The van der Waals surface area contributed by atoms with E-state index in [1.165, 1.54) is 12.1 Å². The summed E-state index contributed by atoms with van der Waals surface area (Å²) in [6, 6.07) is 6.60. The van der Waals surface area contributed by atoms with Crippen LogP contribution in [0.3, 0.4) is 0 Å². The fourth-order valence-electron chi connectivity index (χ4n) is 2.03. The normalized spacial score (nSPS) is 10.9. The van der Waals surface area contributed by atoms with Gasteiger partial charge in [-0.15, -0.1) is 0 Å². The van der Waals surface area contributed by atoms with Gasteiger partial charge < -0.3 is 9.67 Å². The van der Waals surface area contributed by atoms with Crippen molar-refractivity contribution in [2.45, 2.75) is 13.0 Å². The summed E-state index contributed by atoms with van der Waals surface area (Å²) in [6.45, 7) is 0.126. The van der Waals surface area contributed by atoms with Gasteiger partial charge in [0.1, 0.15) is 11.6 Å². The topological polar surface area (TPSA) is 76.4 Å². The molecule has 0 spiro atoms. The molecular formula is C17H13F2NO4. The summed E-state index contributed by atoms with van der Waals surface area (Å²) in [6.07, 6.45) is 3.42. The van der Waals surface area contributed by atoms with Gasteiger partial charge in [-0.3, -0.25) is 9.59 Å². The van der Waals surface area contributed by atoms with Gasteiger partial charge in [-0.2, -0.15) is 0 Å². The van der Waals surface area contributed by atoms with Gasteiger partial charge in [0.25, 0.3) is 0 Å². The fourth-order valence-corrected chi connectivity index (χ4v) is 2.03. The summed E-state index contributed by atoms with van der Waals surface area (Å²) in [4.78, 5) is 32.9. The number of carbonyl (C=O) groups excluding carboxylic acids is 2. The highest BCUT2D eigenvalue weighted by Crippen LogP contribution is 2.14. The zero-order valence-electron chi connectivity index (χ0n) is 12.4. The number of hydrogen-bond donors (Lipinski definition) is 1. The Bertz CT molecular complexity index is 824. The van der Waals surface area contributed by atoms with Crippen LogP contribution in [-0.2, 0) is 20.9 Å². The van der Waals surface area contributed by atoms with Crippen molar-refractivity contribution in [3.63, 3.8) is 0 Å². The van der Waals surface area contributed by atoms with Crippen LogP contribution in [0.15, 0.2) is 42.6 Å². The minimum absolute atomic E-state index is 0.126. The number of carboxylic acids is 1. The second-order valence-electron chi connectivity index (χ2n) is 5.00. The molecule has 0 amide bonds. The lowest BCUT2D eigenvalue weighted by atomic mass is 10.2. The van der Waals surface area contributed by atoms with Crippen LogP contribution in [0, 0.1) is 11.6 Å². The summed E-state index contributed by atoms with van der Waals surface area (Å²) in [7, 11) is 0. The molecule has 0 saturated carbocycles. The Morgan fingerprint density at radius 3 is 2.58 bits per heavy atom. The first-order valence-electron chi connectivity index (χ1n) is 6.93. The van der Waals surface area contributed by atoms with Crippen molar-refractivity contribution >= 4 is 23.6 Å². The van der Waals surface area contributed by atoms with Crippen LogP contribution in [0.5, 0.6) is 0 Å². The molecule has 0 atom stereocenters. The minimum atomic E-state index is -1.66. The van der Waals surface area contributed by atoms with Crippen LogP contribution in [0.1, 0.15) is 17.7 Å². The van der Waals surface area contributed by atoms with E-state index in [-0.39, 0.29) is 12.1 Å². The van der Waals surface area contributed by atoms with Gasteiger partial charge in [-0.1, -0.05) is 6.07 Å². The van der Waals surface area contributed by atoms with Gasteiger partial charge in [-0.05, 0) is 30.4 Å². The van der Waals surface area contributed by atoms with Crippen LogP contribution >= 0.6 is 0 Å². The summed E-state index contributed by atoms with van der Waals surface area (Å²) in [5.41, 5.74) is 0.824. The molecule has 1 aromatic carbocycles. The van der Waals surface area contributed by atoms with Crippen molar-refractivity contribution in [2.24, 2.45) is 0 Å². The van der Waals surface area contributed by atoms with Crippen LogP contribution in [0.2, 0.25) is 0 Å². The molecule has 5 nitrogen and oxygen atoms in total. The number of rotatable bonds is 7. The predicted molar refractivity (Wildman–Crippen MR) is 81.2 cm³/mol. The summed E-state index contributed by atoms with van der Waals surface area (Å²) in [5.74, 6) is -4.84. The molecule has 7 heteroatoms. The lowest BCUT2D eigenvalue weighted by Crippen LogP contribution is -2.15. The number of nitrogens with zero attached hydrogens (tertiary/aromatic N) is 1. The predicted octanol–water partition coefficient (Wildman–Crippen LogP) is 2.44. The fraction of sp³-hybridized carbons (Fsp3) is 0.118. The second kappa shape index (κ2) is 7.45. The maximum absolute atomic E-state index is 13.7. The van der Waals surface area contributed by atoms with E-state index in [0.717, 1.165) is 18.2 Å². The molecular weight excluding hydrogens is 320 g/mol. The molecule has 2 aromatic rings. The molecule has 0 fully saturated rings. The molecule has 0 aliphatic carbocycles. The highest BCUT2D eigenvalue weighted by molar-refractivity contribution is 6.37. The molecule has 2 rings (SSSR count). The molecule has 1 aromatic heterocycles. The average Bonchev–Trinajstić information content (AvgIpc) is 2.95. The van der Waals surface area contributed by atoms with Crippen LogP contribution in [0.4, 0.5) is 8.78 Å². The molecule has 124 valence electrons. The Morgan fingerprint density at radius 1 is 1.17 bits per heavy atom. The van der Waals surface area contributed by atoms with Crippen molar-refractivity contribution < 1.29 is 28.3 Å². The molecule has 0 bridgehead atoms. The number of aliphatic carboxylic acids is 1. The zero-order valence-corrected chi connectivity index (χ0v) is 12.4. The van der Waals surface area contributed by atoms with E-state index in [9.17, 15) is 23.2 Å². The first-order valence-corrected chi connectivity index (χ1v) is 6.93. The van der Waals surface area contributed by atoms with E-state index in [4.69, 9.17) is 5.11 Å². The Balaban J connectivity index is 2.10. The van der Waals surface area contributed by atoms with E-state index in [2.05, 4.69) is 0 Å². The lowest BCUT2D eigenvalue weighted by Gasteiger charge is -2.08. The Morgan fingerprint density at radius 2 is 1.92 bits per heavy atom. The Kier molecular flexibility index (Phi) is 5.36. The first-order chi connectivity index (χ1) is 11.4. The van der Waals surface area contributed by atoms with Crippen LogP contribution in [0.25, 0.3) is 6.08 Å². The summed E-state index contributed by atoms with van der Waals surface area (Å²) >= 11 is 0. The van der Waals surface area contributed by atoms with Crippen molar-refractivity contribution in [1.82, 2.24) is 4.57 Å². The van der Waals surface area contributed by atoms with Gasteiger partial charge in [0.15, 0.2) is 5.78 Å². The summed E-state index contributed by atoms with van der Waals surface area (Å²) < 4.78 is 28.2. The Labute approximate surface area is 135 Å². The summed E-state index contributed by atoms with van der Waals surface area (Å²) in [5, 5.41) is 8.44. The largest absolute Gasteiger partial charge is 0.475 e. The molecule has 1 N–H and O–H groups in total. The van der Waals surface area contributed by atoms with Crippen molar-refractivity contribution in [3.8, 4) is 0 Å². The maximum Gasteiger partial charge on any atom is 0.372 e. The number of Topliss-reactive ketones (excluding diaryl/α,β-unsaturated/α-hetero) is 1. The Hall–Kier alpha value is -3.09. The molecule has 24 heavy (non-hydrogen) atoms. The quantitative estimate of drug-likeness (QED) is 0.480. The number of benzene rings is 1. The third-order valence-corrected chi connectivity index (χ3v) is 3.23. The minimum Gasteiger partial charge on any atom is -0.475 e. The van der Waals surface area contributed by atoms with Crippen molar-refractivity contribution in [3.05, 3.63) is 65.5 Å². The number of ketones is 2. The lowest BCUT2D eigenvalue weighted by molar-refractivity contribution is -0.149. The maximum atomic E-state index is 13.7. The monoisotopic (exact) mass is 333 g/mol. The van der Waals surface area contributed by atoms with Gasteiger partial charge in [-0.25, -0.2) is 13.6 Å². The number of aromatic nitrogens is 1. The van der Waals surface area contributed by atoms with E-state index in [0.29, 0.717) is 5.69 Å². The molecule has 0 aliphatic heterocycles. The van der Waals surface area contributed by atoms with Crippen LogP contribution < -0.4 is 0 Å². The van der Waals surface area contributed by atoms with E-state index in [1.807, 2.05) is 0 Å². The van der Waals surface area contributed by atoms with Gasteiger partial charge in [0, 0.05) is 23.5 Å². The van der Waals surface area contributed by atoms with Crippen molar-refractivity contribution in [2.75, 3.05) is 0 Å². The molecule has 0 saturated heterocycles. The molecule has 0 radical (unpaired) electrons. The van der Waals surface area contributed by atoms with E-state index >= 15 is 0 Å². The number of allylic oxidation sites excluding steroid dienone is 1. The number of hydrogen-bond acceptors (Lipinski definition) is 3. The van der Waals surface area contributed by atoms with E-state index < -0.39 is 35.6 Å². The molecule has 0 unspecified atom stereocenters. The third kappa shape index (κ3) is 4.45. The molecule has 0 aliphatic rings. The SMILES string of the molecule is O=C(/C=C/c1cccn1Cc1ccc(F)cc1F)CC(=O)C(=O)O. The standard InChI is InChI=1S/C17H13F2NO4/c18-12-4-3-11(15(19)8-12)10-20-7-1-2-13(20)5-6-14(21)9-16(22)17(23)24/h1-8H,9-10H2,(H,23,24)/b6-5+. The van der Waals surface area contributed by atoms with Gasteiger partial charge >= 0.3 is 5.97 Å². The highest BCUT2D eigenvalue weighted by Gasteiger charge is 2.14. The third-order valence-electron chi connectivity index (χ3n) is 3.23. The first kappa shape index (κ1) is 17.3.